The number of nitrogens with one attached hydrogen (secondary N) is 2. The SMILES string of the molecule is CCC(=O)NC1CC=C(c2cnc(N)c(-c3nnc(-c4ccc(CNC)cc4)o3)n2)CC1. The van der Waals surface area contributed by atoms with Crippen LogP contribution in [0.15, 0.2) is 41.0 Å². The molecule has 166 valence electrons. The molecule has 0 fully saturated rings. The summed E-state index contributed by atoms with van der Waals surface area (Å²) in [6, 6.07) is 8.06. The van der Waals surface area contributed by atoms with Gasteiger partial charge in [-0.3, -0.25) is 4.79 Å². The summed E-state index contributed by atoms with van der Waals surface area (Å²) < 4.78 is 5.86. The zero-order chi connectivity index (χ0) is 22.5. The number of anilines is 1. The first kappa shape index (κ1) is 21.6. The number of carbonyl (C=O) groups is 1. The van der Waals surface area contributed by atoms with E-state index < -0.39 is 0 Å². The number of hydrogen-bond acceptors (Lipinski definition) is 8. The molecule has 1 aliphatic carbocycles. The van der Waals surface area contributed by atoms with Crippen molar-refractivity contribution in [2.24, 2.45) is 0 Å². The second kappa shape index (κ2) is 9.69. The highest BCUT2D eigenvalue weighted by Gasteiger charge is 2.21. The number of carbonyl (C=O) groups excluding carboxylic acids is 1. The Balaban J connectivity index is 1.53. The summed E-state index contributed by atoms with van der Waals surface area (Å²) in [6.07, 6.45) is 6.66. The van der Waals surface area contributed by atoms with E-state index >= 15 is 0 Å². The second-order valence-electron chi connectivity index (χ2n) is 7.75. The minimum Gasteiger partial charge on any atom is -0.414 e. The Hall–Kier alpha value is -3.59. The molecule has 32 heavy (non-hydrogen) atoms. The van der Waals surface area contributed by atoms with E-state index in [1.807, 2.05) is 38.2 Å². The number of rotatable bonds is 7. The quantitative estimate of drug-likeness (QED) is 0.518. The average molecular weight is 434 g/mol. The average Bonchev–Trinajstić information content (AvgIpc) is 3.31. The van der Waals surface area contributed by atoms with E-state index in [0.717, 1.165) is 48.2 Å². The molecular formula is C23H27N7O2. The minimum absolute atomic E-state index is 0.0743. The molecule has 0 bridgehead atoms. The first-order chi connectivity index (χ1) is 15.6. The Bertz CT molecular complexity index is 1120. The molecule has 0 spiro atoms. The highest BCUT2D eigenvalue weighted by Crippen LogP contribution is 2.30. The Morgan fingerprint density at radius 1 is 1.22 bits per heavy atom. The van der Waals surface area contributed by atoms with Gasteiger partial charge in [-0.15, -0.1) is 10.2 Å². The summed E-state index contributed by atoms with van der Waals surface area (Å²) >= 11 is 0. The van der Waals surface area contributed by atoms with E-state index in [-0.39, 0.29) is 23.7 Å². The topological polar surface area (TPSA) is 132 Å². The Morgan fingerprint density at radius 3 is 2.69 bits per heavy atom. The zero-order valence-electron chi connectivity index (χ0n) is 18.3. The van der Waals surface area contributed by atoms with Crippen molar-refractivity contribution >= 4 is 17.3 Å². The maximum absolute atomic E-state index is 11.6. The summed E-state index contributed by atoms with van der Waals surface area (Å²) in [4.78, 5) is 20.6. The summed E-state index contributed by atoms with van der Waals surface area (Å²) in [5.74, 6) is 0.938. The smallest absolute Gasteiger partial charge is 0.270 e. The van der Waals surface area contributed by atoms with Crippen LogP contribution in [0.2, 0.25) is 0 Å². The molecular weight excluding hydrogens is 406 g/mol. The van der Waals surface area contributed by atoms with Gasteiger partial charge in [-0.1, -0.05) is 25.1 Å². The first-order valence-electron chi connectivity index (χ1n) is 10.8. The molecule has 0 aliphatic heterocycles. The molecule has 3 aromatic rings. The second-order valence-corrected chi connectivity index (χ2v) is 7.75. The number of benzene rings is 1. The summed E-state index contributed by atoms with van der Waals surface area (Å²) in [7, 11) is 1.91. The molecule has 0 radical (unpaired) electrons. The predicted octanol–water partition coefficient (Wildman–Crippen LogP) is 2.96. The van der Waals surface area contributed by atoms with Crippen LogP contribution in [0.1, 0.15) is 43.9 Å². The number of aromatic nitrogens is 4. The molecule has 1 aromatic carbocycles. The Kier molecular flexibility index (Phi) is 6.55. The van der Waals surface area contributed by atoms with Gasteiger partial charge < -0.3 is 20.8 Å². The van der Waals surface area contributed by atoms with Crippen LogP contribution in [-0.4, -0.2) is 39.2 Å². The molecule has 1 atom stereocenters. The third kappa shape index (κ3) is 4.83. The fourth-order valence-corrected chi connectivity index (χ4v) is 3.64. The number of nitrogens with two attached hydrogens (primary N) is 1. The van der Waals surface area contributed by atoms with Gasteiger partial charge in [-0.2, -0.15) is 0 Å². The van der Waals surface area contributed by atoms with Crippen LogP contribution in [0, 0.1) is 0 Å². The van der Waals surface area contributed by atoms with E-state index in [1.54, 1.807) is 6.20 Å². The maximum Gasteiger partial charge on any atom is 0.270 e. The van der Waals surface area contributed by atoms with Crippen LogP contribution in [0.25, 0.3) is 28.6 Å². The van der Waals surface area contributed by atoms with Gasteiger partial charge in [0.2, 0.25) is 11.8 Å². The third-order valence-corrected chi connectivity index (χ3v) is 5.44. The van der Waals surface area contributed by atoms with E-state index in [4.69, 9.17) is 10.2 Å². The lowest BCUT2D eigenvalue weighted by Gasteiger charge is -2.22. The lowest BCUT2D eigenvalue weighted by Crippen LogP contribution is -2.35. The van der Waals surface area contributed by atoms with Gasteiger partial charge in [0.15, 0.2) is 11.5 Å². The molecule has 0 saturated carbocycles. The molecule has 9 nitrogen and oxygen atoms in total. The molecule has 2 aromatic heterocycles. The number of nitrogen functional groups attached to an aromatic ring is 1. The van der Waals surface area contributed by atoms with Gasteiger partial charge in [0, 0.05) is 24.6 Å². The van der Waals surface area contributed by atoms with Gasteiger partial charge in [0.1, 0.15) is 0 Å². The van der Waals surface area contributed by atoms with Crippen LogP contribution in [-0.2, 0) is 11.3 Å². The molecule has 9 heteroatoms. The van der Waals surface area contributed by atoms with Crippen molar-refractivity contribution in [2.45, 2.75) is 45.2 Å². The number of amides is 1. The number of hydrogen-bond donors (Lipinski definition) is 3. The number of allylic oxidation sites excluding steroid dienone is 1. The monoisotopic (exact) mass is 433 g/mol. The fraction of sp³-hybridized carbons (Fsp3) is 0.348. The molecule has 1 unspecified atom stereocenters. The van der Waals surface area contributed by atoms with Crippen LogP contribution in [0.5, 0.6) is 0 Å². The van der Waals surface area contributed by atoms with Gasteiger partial charge in [0.05, 0.1) is 11.9 Å². The first-order valence-corrected chi connectivity index (χ1v) is 10.8. The van der Waals surface area contributed by atoms with Crippen molar-refractivity contribution in [2.75, 3.05) is 12.8 Å². The van der Waals surface area contributed by atoms with E-state index in [9.17, 15) is 4.79 Å². The van der Waals surface area contributed by atoms with Crippen molar-refractivity contribution in [3.63, 3.8) is 0 Å². The summed E-state index contributed by atoms with van der Waals surface area (Å²) in [5.41, 5.74) is 10.2. The third-order valence-electron chi connectivity index (χ3n) is 5.44. The standard InChI is InChI=1S/C23H27N7O2/c1-3-19(31)27-17-10-8-15(9-11-17)18-13-26-21(24)20(28-18)23-30-29-22(32-23)16-6-4-14(5-7-16)12-25-2/h4-8,13,17,25H,3,9-12H2,1-2H3,(H2,24,26)(H,27,31). The van der Waals surface area contributed by atoms with Crippen molar-refractivity contribution in [1.29, 1.82) is 0 Å². The van der Waals surface area contributed by atoms with Gasteiger partial charge >= 0.3 is 0 Å². The van der Waals surface area contributed by atoms with Gasteiger partial charge in [-0.05, 0) is 49.6 Å². The summed E-state index contributed by atoms with van der Waals surface area (Å²) in [5, 5.41) is 14.5. The Morgan fingerprint density at radius 2 is 2.00 bits per heavy atom. The fourth-order valence-electron chi connectivity index (χ4n) is 3.64. The van der Waals surface area contributed by atoms with Crippen molar-refractivity contribution < 1.29 is 9.21 Å². The number of nitrogens with zero attached hydrogens (tertiary/aromatic N) is 4. The molecule has 4 rings (SSSR count). The molecule has 1 aliphatic rings. The molecule has 2 heterocycles. The van der Waals surface area contributed by atoms with Crippen molar-refractivity contribution in [1.82, 2.24) is 30.8 Å². The van der Waals surface area contributed by atoms with E-state index in [1.165, 1.54) is 0 Å². The van der Waals surface area contributed by atoms with Crippen LogP contribution >= 0.6 is 0 Å². The lowest BCUT2D eigenvalue weighted by atomic mass is 9.93. The van der Waals surface area contributed by atoms with Gasteiger partial charge in [0.25, 0.3) is 5.89 Å². The maximum atomic E-state index is 11.6. The highest BCUT2D eigenvalue weighted by molar-refractivity contribution is 5.76. The molecule has 1 amide bonds. The van der Waals surface area contributed by atoms with E-state index in [0.29, 0.717) is 18.0 Å². The normalized spacial score (nSPS) is 15.9. The van der Waals surface area contributed by atoms with Crippen LogP contribution in [0.3, 0.4) is 0 Å². The summed E-state index contributed by atoms with van der Waals surface area (Å²) in [6.45, 7) is 2.64. The largest absolute Gasteiger partial charge is 0.414 e. The highest BCUT2D eigenvalue weighted by atomic mass is 16.4. The predicted molar refractivity (Wildman–Crippen MR) is 122 cm³/mol. The van der Waals surface area contributed by atoms with Gasteiger partial charge in [-0.25, -0.2) is 9.97 Å². The van der Waals surface area contributed by atoms with Crippen LogP contribution < -0.4 is 16.4 Å². The molecule has 4 N–H and O–H groups in total. The Labute approximate surface area is 186 Å². The molecule has 0 saturated heterocycles. The zero-order valence-corrected chi connectivity index (χ0v) is 18.3. The van der Waals surface area contributed by atoms with Crippen molar-refractivity contribution in [3.05, 3.63) is 47.8 Å². The lowest BCUT2D eigenvalue weighted by molar-refractivity contribution is -0.121. The van der Waals surface area contributed by atoms with Crippen LogP contribution in [0.4, 0.5) is 5.82 Å². The van der Waals surface area contributed by atoms with E-state index in [2.05, 4.69) is 36.9 Å². The minimum atomic E-state index is 0.0743. The van der Waals surface area contributed by atoms with Crippen molar-refractivity contribution in [3.8, 4) is 23.0 Å².